The molecule has 1 saturated heterocycles. The van der Waals surface area contributed by atoms with E-state index in [1.807, 2.05) is 38.4 Å². The molecule has 160 valence electrons. The topological polar surface area (TPSA) is 58.6 Å². The second-order valence-corrected chi connectivity index (χ2v) is 7.08. The molecule has 28 heavy (non-hydrogen) atoms. The second kappa shape index (κ2) is 12.3. The van der Waals surface area contributed by atoms with Gasteiger partial charge in [-0.05, 0) is 51.2 Å². The molecule has 7 nitrogen and oxygen atoms in total. The van der Waals surface area contributed by atoms with Crippen molar-refractivity contribution >= 4 is 29.9 Å². The molecule has 0 aromatic heterocycles. The van der Waals surface area contributed by atoms with Gasteiger partial charge in [-0.1, -0.05) is 0 Å². The average Bonchev–Trinajstić information content (AvgIpc) is 2.69. The van der Waals surface area contributed by atoms with Crippen molar-refractivity contribution in [3.05, 3.63) is 24.3 Å². The highest BCUT2D eigenvalue weighted by molar-refractivity contribution is 14.0. The first-order valence-electron chi connectivity index (χ1n) is 9.44. The van der Waals surface area contributed by atoms with Crippen LogP contribution in [0.1, 0.15) is 12.8 Å². The van der Waals surface area contributed by atoms with E-state index in [4.69, 9.17) is 14.2 Å². The van der Waals surface area contributed by atoms with Gasteiger partial charge >= 0.3 is 0 Å². The molecule has 0 amide bonds. The van der Waals surface area contributed by atoms with Gasteiger partial charge in [0.25, 0.3) is 0 Å². The maximum atomic E-state index is 5.82. The lowest BCUT2D eigenvalue weighted by atomic mass is 9.88. The fourth-order valence-corrected chi connectivity index (χ4v) is 3.24. The summed E-state index contributed by atoms with van der Waals surface area (Å²) < 4.78 is 16.5. The van der Waals surface area contributed by atoms with E-state index >= 15 is 0 Å². The summed E-state index contributed by atoms with van der Waals surface area (Å²) in [5.41, 5.74) is 0.106. The molecule has 0 spiro atoms. The van der Waals surface area contributed by atoms with E-state index in [0.29, 0.717) is 6.61 Å². The smallest absolute Gasteiger partial charge is 0.193 e. The highest BCUT2D eigenvalue weighted by Gasteiger charge is 2.35. The molecule has 1 heterocycles. The summed E-state index contributed by atoms with van der Waals surface area (Å²) >= 11 is 0. The lowest BCUT2D eigenvalue weighted by molar-refractivity contribution is -0.00522. The number of nitrogens with zero attached hydrogens (tertiary/aromatic N) is 3. The fraction of sp³-hybridized carbons (Fsp3) is 0.650. The van der Waals surface area contributed by atoms with Crippen LogP contribution in [0.3, 0.4) is 0 Å². The number of nitrogens with one attached hydrogen (secondary N) is 1. The number of methoxy groups -OCH3 is 1. The number of benzene rings is 1. The van der Waals surface area contributed by atoms with E-state index < -0.39 is 0 Å². The largest absolute Gasteiger partial charge is 0.497 e. The quantitative estimate of drug-likeness (QED) is 0.332. The third-order valence-corrected chi connectivity index (χ3v) is 5.28. The summed E-state index contributed by atoms with van der Waals surface area (Å²) in [4.78, 5) is 8.82. The molecule has 0 bridgehead atoms. The Hall–Kier alpha value is -1.26. The van der Waals surface area contributed by atoms with Gasteiger partial charge in [0.15, 0.2) is 5.96 Å². The third-order valence-electron chi connectivity index (χ3n) is 5.28. The average molecular weight is 506 g/mol. The number of aliphatic imine (C=N–C) groups is 1. The van der Waals surface area contributed by atoms with Crippen LogP contribution in [-0.4, -0.2) is 89.5 Å². The van der Waals surface area contributed by atoms with Gasteiger partial charge in [0.1, 0.15) is 18.1 Å². The summed E-state index contributed by atoms with van der Waals surface area (Å²) in [6.45, 7) is 3.79. The Bertz CT molecular complexity index is 590. The van der Waals surface area contributed by atoms with Crippen LogP contribution in [0.25, 0.3) is 0 Å². The zero-order valence-corrected chi connectivity index (χ0v) is 20.1. The summed E-state index contributed by atoms with van der Waals surface area (Å²) in [6, 6.07) is 7.62. The zero-order valence-electron chi connectivity index (χ0n) is 17.7. The van der Waals surface area contributed by atoms with Crippen molar-refractivity contribution in [1.29, 1.82) is 0 Å². The molecular weight excluding hydrogens is 471 g/mol. The first-order chi connectivity index (χ1) is 13.0. The van der Waals surface area contributed by atoms with E-state index in [2.05, 4.69) is 34.2 Å². The van der Waals surface area contributed by atoms with Crippen LogP contribution in [0.2, 0.25) is 0 Å². The monoisotopic (exact) mass is 506 g/mol. The summed E-state index contributed by atoms with van der Waals surface area (Å²) in [5.74, 6) is 2.54. The lowest BCUT2D eigenvalue weighted by Gasteiger charge is -2.43. The Morgan fingerprint density at radius 3 is 2.29 bits per heavy atom. The van der Waals surface area contributed by atoms with Crippen LogP contribution in [-0.2, 0) is 4.74 Å². The first kappa shape index (κ1) is 24.8. The van der Waals surface area contributed by atoms with Crippen molar-refractivity contribution in [2.24, 2.45) is 4.99 Å². The number of guanidine groups is 1. The Kier molecular flexibility index (Phi) is 10.9. The second-order valence-electron chi connectivity index (χ2n) is 7.08. The third kappa shape index (κ3) is 6.97. The normalized spacial score (nSPS) is 16.3. The van der Waals surface area contributed by atoms with Crippen molar-refractivity contribution in [3.8, 4) is 11.5 Å². The lowest BCUT2D eigenvalue weighted by Crippen LogP contribution is -2.57. The Morgan fingerprint density at radius 2 is 1.75 bits per heavy atom. The molecule has 1 aliphatic rings. The van der Waals surface area contributed by atoms with E-state index in [9.17, 15) is 0 Å². The molecule has 0 saturated carbocycles. The minimum Gasteiger partial charge on any atom is -0.497 e. The molecule has 0 radical (unpaired) electrons. The fourth-order valence-electron chi connectivity index (χ4n) is 3.24. The standard InChI is InChI=1S/C20H34N4O3.HI/c1-21-19(22-16-20(23(2)3)10-13-26-14-11-20)24(4)12-15-27-18-8-6-17(25-5)7-9-18;/h6-9H,10-16H2,1-5H3,(H,21,22);1H. The van der Waals surface area contributed by atoms with E-state index in [1.54, 1.807) is 7.11 Å². The Labute approximate surface area is 186 Å². The van der Waals surface area contributed by atoms with Crippen LogP contribution in [0.15, 0.2) is 29.3 Å². The number of halogens is 1. The molecular formula is C20H35IN4O3. The van der Waals surface area contributed by atoms with Gasteiger partial charge in [-0.15, -0.1) is 24.0 Å². The van der Waals surface area contributed by atoms with Gasteiger partial charge in [0, 0.05) is 39.4 Å². The van der Waals surface area contributed by atoms with Gasteiger partial charge in [-0.3, -0.25) is 4.99 Å². The van der Waals surface area contributed by atoms with Gasteiger partial charge in [0.05, 0.1) is 13.7 Å². The van der Waals surface area contributed by atoms with Gasteiger partial charge in [-0.25, -0.2) is 0 Å². The Balaban J connectivity index is 0.00000392. The van der Waals surface area contributed by atoms with E-state index in [0.717, 1.165) is 56.6 Å². The van der Waals surface area contributed by atoms with Crippen molar-refractivity contribution in [3.63, 3.8) is 0 Å². The minimum atomic E-state index is 0. The summed E-state index contributed by atoms with van der Waals surface area (Å²) in [6.07, 6.45) is 2.04. The molecule has 1 aliphatic heterocycles. The summed E-state index contributed by atoms with van der Waals surface area (Å²) in [5, 5.41) is 3.53. The van der Waals surface area contributed by atoms with Gasteiger partial charge < -0.3 is 29.3 Å². The molecule has 1 N–H and O–H groups in total. The van der Waals surface area contributed by atoms with Crippen molar-refractivity contribution in [2.45, 2.75) is 18.4 Å². The number of hydrogen-bond acceptors (Lipinski definition) is 5. The van der Waals surface area contributed by atoms with E-state index in [1.165, 1.54) is 0 Å². The van der Waals surface area contributed by atoms with Gasteiger partial charge in [0.2, 0.25) is 0 Å². The van der Waals surface area contributed by atoms with E-state index in [-0.39, 0.29) is 29.5 Å². The molecule has 1 aromatic rings. The van der Waals surface area contributed by atoms with Crippen LogP contribution >= 0.6 is 24.0 Å². The highest BCUT2D eigenvalue weighted by Crippen LogP contribution is 2.25. The predicted octanol–water partition coefficient (Wildman–Crippen LogP) is 2.31. The highest BCUT2D eigenvalue weighted by atomic mass is 127. The number of ether oxygens (including phenoxy) is 3. The summed E-state index contributed by atoms with van der Waals surface area (Å²) in [7, 11) is 9.78. The van der Waals surface area contributed by atoms with Crippen LogP contribution in [0.4, 0.5) is 0 Å². The minimum absolute atomic E-state index is 0. The maximum Gasteiger partial charge on any atom is 0.193 e. The molecule has 0 unspecified atom stereocenters. The number of rotatable bonds is 8. The predicted molar refractivity (Wildman–Crippen MR) is 124 cm³/mol. The van der Waals surface area contributed by atoms with Crippen molar-refractivity contribution < 1.29 is 14.2 Å². The first-order valence-corrected chi connectivity index (χ1v) is 9.44. The molecule has 2 rings (SSSR count). The zero-order chi connectivity index (χ0) is 19.7. The van der Waals surface area contributed by atoms with Crippen molar-refractivity contribution in [1.82, 2.24) is 15.1 Å². The van der Waals surface area contributed by atoms with Crippen LogP contribution < -0.4 is 14.8 Å². The molecule has 8 heteroatoms. The Morgan fingerprint density at radius 1 is 1.14 bits per heavy atom. The molecule has 0 atom stereocenters. The molecule has 0 aliphatic carbocycles. The SMILES string of the molecule is CN=C(NCC1(N(C)C)CCOCC1)N(C)CCOc1ccc(OC)cc1.I. The number of likely N-dealkylation sites (N-methyl/N-ethyl adjacent to an activating group) is 2. The van der Waals surface area contributed by atoms with Crippen molar-refractivity contribution in [2.75, 3.05) is 68.2 Å². The van der Waals surface area contributed by atoms with Gasteiger partial charge in [-0.2, -0.15) is 0 Å². The molecule has 1 fully saturated rings. The number of hydrogen-bond donors (Lipinski definition) is 1. The van der Waals surface area contributed by atoms with Crippen LogP contribution in [0.5, 0.6) is 11.5 Å². The maximum absolute atomic E-state index is 5.82. The van der Waals surface area contributed by atoms with Crippen LogP contribution in [0, 0.1) is 0 Å². The molecule has 1 aromatic carbocycles.